The van der Waals surface area contributed by atoms with E-state index in [-0.39, 0.29) is 18.5 Å². The molecule has 3 heterocycles. The van der Waals surface area contributed by atoms with Crippen LogP contribution in [-0.2, 0) is 22.6 Å². The van der Waals surface area contributed by atoms with Gasteiger partial charge in [-0.05, 0) is 42.2 Å². The largest absolute Gasteiger partial charge is 0.467 e. The molecule has 2 amide bonds. The normalized spacial score (nSPS) is 20.4. The number of rotatable bonds is 5. The van der Waals surface area contributed by atoms with Crippen LogP contribution < -0.4 is 5.73 Å². The maximum atomic E-state index is 13.5. The van der Waals surface area contributed by atoms with E-state index in [1.807, 2.05) is 72.5 Å². The Kier molecular flexibility index (Phi) is 5.56. The molecular formula is C26H26N4O3. The molecule has 0 spiro atoms. The predicted molar refractivity (Wildman–Crippen MR) is 124 cm³/mol. The highest BCUT2D eigenvalue weighted by molar-refractivity contribution is 6.03. The zero-order valence-electron chi connectivity index (χ0n) is 18.5. The van der Waals surface area contributed by atoms with Gasteiger partial charge in [0.05, 0.1) is 24.6 Å². The van der Waals surface area contributed by atoms with Crippen molar-refractivity contribution >= 4 is 17.5 Å². The van der Waals surface area contributed by atoms with Gasteiger partial charge in [-0.3, -0.25) is 14.5 Å². The molecule has 3 aromatic rings. The van der Waals surface area contributed by atoms with Gasteiger partial charge in [-0.2, -0.15) is 5.10 Å². The van der Waals surface area contributed by atoms with E-state index in [4.69, 9.17) is 15.3 Å². The minimum Gasteiger partial charge on any atom is -0.467 e. The molecule has 33 heavy (non-hydrogen) atoms. The number of nitrogens with two attached hydrogens (primary N) is 1. The lowest BCUT2D eigenvalue weighted by Crippen LogP contribution is -2.51. The standard InChI is InChI=1S/C26H26N4O3/c1-17-8-10-18(11-9-17)21-14-22(24-7-4-12-33-24)30(28-21)25(31)16-29-15-20-6-3-2-5-19(20)13-23(29)26(27)32/h2-12,22-23H,13-16H2,1H3,(H2,27,32)/t22-,23+/m1/s1. The summed E-state index contributed by atoms with van der Waals surface area (Å²) < 4.78 is 5.64. The van der Waals surface area contributed by atoms with Gasteiger partial charge in [0, 0.05) is 13.0 Å². The lowest BCUT2D eigenvalue weighted by molar-refractivity contribution is -0.136. The maximum Gasteiger partial charge on any atom is 0.257 e. The van der Waals surface area contributed by atoms with Crippen LogP contribution in [0.25, 0.3) is 0 Å². The summed E-state index contributed by atoms with van der Waals surface area (Å²) in [5.74, 6) is 0.0685. The molecule has 0 aliphatic carbocycles. The van der Waals surface area contributed by atoms with Crippen molar-refractivity contribution in [3.8, 4) is 0 Å². The summed E-state index contributed by atoms with van der Waals surface area (Å²) in [6, 6.07) is 18.9. The summed E-state index contributed by atoms with van der Waals surface area (Å²) in [5.41, 5.74) is 10.9. The smallest absolute Gasteiger partial charge is 0.257 e. The minimum atomic E-state index is -0.533. The van der Waals surface area contributed by atoms with Crippen molar-refractivity contribution in [3.63, 3.8) is 0 Å². The number of hydrogen-bond donors (Lipinski definition) is 1. The first-order valence-corrected chi connectivity index (χ1v) is 11.1. The van der Waals surface area contributed by atoms with E-state index in [9.17, 15) is 9.59 Å². The highest BCUT2D eigenvalue weighted by Gasteiger charge is 2.38. The van der Waals surface area contributed by atoms with Crippen molar-refractivity contribution in [1.29, 1.82) is 0 Å². The molecule has 7 nitrogen and oxygen atoms in total. The van der Waals surface area contributed by atoms with Crippen LogP contribution in [0, 0.1) is 6.92 Å². The molecule has 0 fully saturated rings. The van der Waals surface area contributed by atoms with Crippen LogP contribution in [0.2, 0.25) is 0 Å². The number of fused-ring (bicyclic) bond motifs is 1. The molecule has 0 saturated heterocycles. The van der Waals surface area contributed by atoms with Gasteiger partial charge < -0.3 is 10.2 Å². The Morgan fingerprint density at radius 1 is 1.03 bits per heavy atom. The van der Waals surface area contributed by atoms with E-state index in [0.717, 1.165) is 28.0 Å². The first-order valence-electron chi connectivity index (χ1n) is 11.1. The zero-order valence-corrected chi connectivity index (χ0v) is 18.5. The van der Waals surface area contributed by atoms with E-state index in [2.05, 4.69) is 0 Å². The van der Waals surface area contributed by atoms with Gasteiger partial charge in [0.2, 0.25) is 5.91 Å². The van der Waals surface area contributed by atoms with Gasteiger partial charge in [0.25, 0.3) is 5.91 Å². The summed E-state index contributed by atoms with van der Waals surface area (Å²) >= 11 is 0. The first-order chi connectivity index (χ1) is 16.0. The van der Waals surface area contributed by atoms with Gasteiger partial charge in [-0.1, -0.05) is 54.1 Å². The SMILES string of the molecule is Cc1ccc(C2=NN(C(=O)CN3Cc4ccccc4C[C@H]3C(N)=O)[C@@H](c3ccco3)C2)cc1. The fourth-order valence-corrected chi connectivity index (χ4v) is 4.63. The van der Waals surface area contributed by atoms with Crippen LogP contribution in [0.5, 0.6) is 0 Å². The Morgan fingerprint density at radius 3 is 2.48 bits per heavy atom. The Bertz CT molecular complexity index is 1200. The summed E-state index contributed by atoms with van der Waals surface area (Å²) in [6.45, 7) is 2.57. The summed E-state index contributed by atoms with van der Waals surface area (Å²) in [6.07, 6.45) is 2.66. The molecule has 0 unspecified atom stereocenters. The van der Waals surface area contributed by atoms with Crippen molar-refractivity contribution < 1.29 is 14.0 Å². The van der Waals surface area contributed by atoms with Gasteiger partial charge in [0.15, 0.2) is 0 Å². The Labute approximate surface area is 192 Å². The molecule has 7 heteroatoms. The third kappa shape index (κ3) is 4.19. The Balaban J connectivity index is 1.42. The molecule has 1 aromatic heterocycles. The van der Waals surface area contributed by atoms with Gasteiger partial charge >= 0.3 is 0 Å². The number of hydrazone groups is 1. The number of carbonyl (C=O) groups excluding carboxylic acids is 2. The van der Waals surface area contributed by atoms with E-state index in [0.29, 0.717) is 25.1 Å². The van der Waals surface area contributed by atoms with Crippen molar-refractivity contribution in [2.45, 2.75) is 38.4 Å². The fraction of sp³-hybridized carbons (Fsp3) is 0.269. The van der Waals surface area contributed by atoms with Crippen molar-refractivity contribution in [2.24, 2.45) is 10.8 Å². The number of hydrogen-bond acceptors (Lipinski definition) is 5. The van der Waals surface area contributed by atoms with Crippen molar-refractivity contribution in [3.05, 3.63) is 94.9 Å². The van der Waals surface area contributed by atoms with Gasteiger partial charge in [0.1, 0.15) is 11.8 Å². The first kappa shape index (κ1) is 21.2. The molecular weight excluding hydrogens is 416 g/mol. The Hall–Kier alpha value is -3.71. The number of furan rings is 1. The molecule has 0 saturated carbocycles. The summed E-state index contributed by atoms with van der Waals surface area (Å²) in [4.78, 5) is 27.6. The molecule has 168 valence electrons. The minimum absolute atomic E-state index is 0.0455. The van der Waals surface area contributed by atoms with Crippen LogP contribution in [0.1, 0.15) is 40.5 Å². The summed E-state index contributed by atoms with van der Waals surface area (Å²) in [7, 11) is 0. The van der Waals surface area contributed by atoms with Crippen LogP contribution >= 0.6 is 0 Å². The average Bonchev–Trinajstić information content (AvgIpc) is 3.49. The lowest BCUT2D eigenvalue weighted by atomic mass is 9.93. The second-order valence-electron chi connectivity index (χ2n) is 8.68. The molecule has 2 aliphatic rings. The monoisotopic (exact) mass is 442 g/mol. The highest BCUT2D eigenvalue weighted by atomic mass is 16.3. The van der Waals surface area contributed by atoms with Crippen LogP contribution in [0.15, 0.2) is 76.4 Å². The van der Waals surface area contributed by atoms with Crippen LogP contribution in [0.4, 0.5) is 0 Å². The van der Waals surface area contributed by atoms with E-state index < -0.39 is 11.9 Å². The molecule has 2 N–H and O–H groups in total. The molecule has 2 aromatic carbocycles. The second kappa shape index (κ2) is 8.67. The molecule has 2 aliphatic heterocycles. The van der Waals surface area contributed by atoms with Crippen LogP contribution in [-0.4, -0.2) is 40.0 Å². The highest BCUT2D eigenvalue weighted by Crippen LogP contribution is 2.34. The van der Waals surface area contributed by atoms with Gasteiger partial charge in [-0.25, -0.2) is 5.01 Å². The number of benzene rings is 2. The molecule has 2 atom stereocenters. The second-order valence-corrected chi connectivity index (χ2v) is 8.68. The molecule has 0 bridgehead atoms. The summed E-state index contributed by atoms with van der Waals surface area (Å²) in [5, 5.41) is 6.21. The van der Waals surface area contributed by atoms with E-state index >= 15 is 0 Å². The van der Waals surface area contributed by atoms with Crippen LogP contribution in [0.3, 0.4) is 0 Å². The number of carbonyl (C=O) groups is 2. The quantitative estimate of drug-likeness (QED) is 0.657. The zero-order chi connectivity index (χ0) is 22.9. The average molecular weight is 443 g/mol. The third-order valence-electron chi connectivity index (χ3n) is 6.43. The van der Waals surface area contributed by atoms with E-state index in [1.54, 1.807) is 6.26 Å². The molecule has 5 rings (SSSR count). The predicted octanol–water partition coefficient (Wildman–Crippen LogP) is 3.18. The number of amides is 2. The maximum absolute atomic E-state index is 13.5. The number of nitrogens with zero attached hydrogens (tertiary/aromatic N) is 3. The number of aryl methyl sites for hydroxylation is 1. The number of primary amides is 1. The van der Waals surface area contributed by atoms with Gasteiger partial charge in [-0.15, -0.1) is 0 Å². The molecule has 0 radical (unpaired) electrons. The van der Waals surface area contributed by atoms with Crippen molar-refractivity contribution in [1.82, 2.24) is 9.91 Å². The topological polar surface area (TPSA) is 92.1 Å². The lowest BCUT2D eigenvalue weighted by Gasteiger charge is -2.35. The third-order valence-corrected chi connectivity index (χ3v) is 6.43. The van der Waals surface area contributed by atoms with Crippen molar-refractivity contribution in [2.75, 3.05) is 6.54 Å². The van der Waals surface area contributed by atoms with E-state index in [1.165, 1.54) is 5.01 Å². The Morgan fingerprint density at radius 2 is 1.79 bits per heavy atom. The fourth-order valence-electron chi connectivity index (χ4n) is 4.63.